The quantitative estimate of drug-likeness (QED) is 0.180. The largest absolute Gasteiger partial charge is 0.332 e. The first kappa shape index (κ1) is 31.6. The number of benzene rings is 7. The van der Waals surface area contributed by atoms with Gasteiger partial charge in [0.25, 0.3) is 0 Å². The van der Waals surface area contributed by atoms with Crippen molar-refractivity contribution in [2.75, 3.05) is 4.90 Å². The summed E-state index contributed by atoms with van der Waals surface area (Å²) in [5.41, 5.74) is 11.8. The first-order valence-corrected chi connectivity index (χ1v) is 20.1. The summed E-state index contributed by atoms with van der Waals surface area (Å²) in [5.74, 6) is 2.00. The van der Waals surface area contributed by atoms with E-state index in [0.717, 1.165) is 33.9 Å². The molecule has 0 bridgehead atoms. The van der Waals surface area contributed by atoms with E-state index in [-0.39, 0.29) is 12.0 Å². The third kappa shape index (κ3) is 4.22. The number of nitrogens with zero attached hydrogens (tertiary/aromatic N) is 5. The number of aromatic nitrogens is 4. The monoisotopic (exact) mass is 741 g/mol. The van der Waals surface area contributed by atoms with Gasteiger partial charge in [-0.25, -0.2) is 4.98 Å². The number of allylic oxidation sites excluding steroid dienone is 2. The Balaban J connectivity index is 1.14. The molecule has 0 spiro atoms. The van der Waals surface area contributed by atoms with Gasteiger partial charge < -0.3 is 9.47 Å². The molecule has 4 aromatic heterocycles. The van der Waals surface area contributed by atoms with Crippen molar-refractivity contribution in [2.24, 2.45) is 0 Å². The topological polar surface area (TPSA) is 30.9 Å². The third-order valence-electron chi connectivity index (χ3n) is 12.5. The van der Waals surface area contributed by atoms with Gasteiger partial charge in [0.05, 0.1) is 44.8 Å². The van der Waals surface area contributed by atoms with Gasteiger partial charge in [0.15, 0.2) is 0 Å². The molecule has 5 heteroatoms. The second kappa shape index (κ2) is 11.9. The summed E-state index contributed by atoms with van der Waals surface area (Å²) in [6.07, 6.45) is 9.11. The Kier molecular flexibility index (Phi) is 6.50. The van der Waals surface area contributed by atoms with Gasteiger partial charge in [-0.1, -0.05) is 146 Å². The highest BCUT2D eigenvalue weighted by Crippen LogP contribution is 2.52. The average Bonchev–Trinajstić information content (AvgIpc) is 4.02. The highest BCUT2D eigenvalue weighted by Gasteiger charge is 2.40. The predicted molar refractivity (Wildman–Crippen MR) is 241 cm³/mol. The van der Waals surface area contributed by atoms with Crippen LogP contribution in [-0.4, -0.2) is 24.7 Å². The molecule has 0 fully saturated rings. The second-order valence-corrected chi connectivity index (χ2v) is 15.5. The number of rotatable bonds is 4. The van der Waals surface area contributed by atoms with Crippen LogP contribution < -0.4 is 4.90 Å². The van der Waals surface area contributed by atoms with Gasteiger partial charge in [-0.15, -0.1) is 0 Å². The Morgan fingerprint density at radius 3 is 1.48 bits per heavy atom. The molecule has 0 amide bonds. The SMILES string of the molecule is C1=CC2c3ccc4c5ccccc5n(-c5cccc(-n6c7ccccc7c7ccc8c9ccccc9n(-c9ccccc9)c8c76)n5)c4c3N(c3ccccc3)C2C=C1. The zero-order chi connectivity index (χ0) is 37.9. The first-order valence-electron chi connectivity index (χ1n) is 20.1. The minimum absolute atomic E-state index is 0.176. The molecule has 0 saturated heterocycles. The molecule has 1 aliphatic carbocycles. The molecule has 7 aromatic carbocycles. The molecular formula is C53H35N5. The molecule has 0 N–H and O–H groups in total. The van der Waals surface area contributed by atoms with E-state index in [2.05, 4.69) is 219 Å². The van der Waals surface area contributed by atoms with E-state index in [1.807, 2.05) is 0 Å². The molecule has 2 unspecified atom stereocenters. The number of anilines is 2. The van der Waals surface area contributed by atoms with Crippen molar-refractivity contribution < 1.29 is 0 Å². The lowest BCUT2D eigenvalue weighted by Crippen LogP contribution is -2.28. The molecule has 2 atom stereocenters. The molecule has 5 nitrogen and oxygen atoms in total. The predicted octanol–water partition coefficient (Wildman–Crippen LogP) is 13.1. The van der Waals surface area contributed by atoms with Crippen molar-refractivity contribution >= 4 is 76.8 Å². The molecule has 0 radical (unpaired) electrons. The standard InChI is InChI=1S/C53H35N5/c1-3-16-34(17-4-1)55-44-24-11-7-20-36(44)40-30-32-42-38-22-9-13-26-46(38)57(52(42)50(40)55)48-28-15-29-49(54-48)58-47-27-14-10-23-39(47)43-33-31-41-37-21-8-12-25-45(37)56(51(41)53(43)58)35-18-5-2-6-19-35/h1-33,36,44H. The minimum Gasteiger partial charge on any atom is -0.332 e. The first-order chi connectivity index (χ1) is 28.8. The molecule has 5 heterocycles. The van der Waals surface area contributed by atoms with Crippen LogP contribution in [0.5, 0.6) is 0 Å². The normalized spacial score (nSPS) is 16.1. The smallest absolute Gasteiger partial charge is 0.140 e. The van der Waals surface area contributed by atoms with Gasteiger partial charge in [0, 0.05) is 49.6 Å². The van der Waals surface area contributed by atoms with Gasteiger partial charge in [0.2, 0.25) is 0 Å². The van der Waals surface area contributed by atoms with Crippen LogP contribution >= 0.6 is 0 Å². The lowest BCUT2D eigenvalue weighted by molar-refractivity contribution is 0.745. The number of para-hydroxylation sites is 5. The molecule has 1 aliphatic heterocycles. The van der Waals surface area contributed by atoms with Gasteiger partial charge >= 0.3 is 0 Å². The summed E-state index contributed by atoms with van der Waals surface area (Å²) in [4.78, 5) is 8.25. The third-order valence-corrected chi connectivity index (χ3v) is 12.5. The summed E-state index contributed by atoms with van der Waals surface area (Å²) in [6, 6.07) is 63.9. The van der Waals surface area contributed by atoms with Crippen LogP contribution in [0.25, 0.3) is 82.7 Å². The van der Waals surface area contributed by atoms with E-state index in [1.54, 1.807) is 0 Å². The summed E-state index contributed by atoms with van der Waals surface area (Å²) in [5, 5.41) is 7.29. The maximum atomic E-state index is 5.71. The number of pyridine rings is 1. The molecule has 13 rings (SSSR count). The Morgan fingerprint density at radius 2 is 0.845 bits per heavy atom. The van der Waals surface area contributed by atoms with Crippen molar-refractivity contribution in [3.8, 4) is 17.3 Å². The maximum absolute atomic E-state index is 5.71. The van der Waals surface area contributed by atoms with Crippen molar-refractivity contribution in [3.63, 3.8) is 0 Å². The summed E-state index contributed by atoms with van der Waals surface area (Å²) in [6.45, 7) is 0. The highest BCUT2D eigenvalue weighted by molar-refractivity contribution is 6.24. The Morgan fingerprint density at radius 1 is 0.362 bits per heavy atom. The van der Waals surface area contributed by atoms with Crippen molar-refractivity contribution in [1.82, 2.24) is 18.7 Å². The van der Waals surface area contributed by atoms with E-state index < -0.39 is 0 Å². The molecular weight excluding hydrogens is 707 g/mol. The van der Waals surface area contributed by atoms with Gasteiger partial charge in [0.1, 0.15) is 11.6 Å². The van der Waals surface area contributed by atoms with Crippen LogP contribution in [0, 0.1) is 0 Å². The van der Waals surface area contributed by atoms with Gasteiger partial charge in [-0.2, -0.15) is 0 Å². The van der Waals surface area contributed by atoms with Crippen molar-refractivity contribution in [3.05, 3.63) is 206 Å². The zero-order valence-electron chi connectivity index (χ0n) is 31.4. The zero-order valence-corrected chi connectivity index (χ0v) is 31.4. The summed E-state index contributed by atoms with van der Waals surface area (Å²) < 4.78 is 7.24. The fourth-order valence-electron chi connectivity index (χ4n) is 10.2. The molecule has 11 aromatic rings. The fraction of sp³-hybridized carbons (Fsp3) is 0.0377. The van der Waals surface area contributed by atoms with Crippen molar-refractivity contribution in [2.45, 2.75) is 12.0 Å². The highest BCUT2D eigenvalue weighted by atomic mass is 15.2. The molecule has 58 heavy (non-hydrogen) atoms. The van der Waals surface area contributed by atoms with E-state index in [1.165, 1.54) is 65.8 Å². The second-order valence-electron chi connectivity index (χ2n) is 15.5. The van der Waals surface area contributed by atoms with Crippen LogP contribution in [0.4, 0.5) is 11.4 Å². The van der Waals surface area contributed by atoms with Crippen molar-refractivity contribution in [1.29, 1.82) is 0 Å². The van der Waals surface area contributed by atoms with E-state index in [0.29, 0.717) is 0 Å². The van der Waals surface area contributed by atoms with E-state index in [4.69, 9.17) is 4.98 Å². The van der Waals surface area contributed by atoms with Crippen LogP contribution in [0.2, 0.25) is 0 Å². The van der Waals surface area contributed by atoms with Crippen LogP contribution in [0.3, 0.4) is 0 Å². The van der Waals surface area contributed by atoms with E-state index >= 15 is 0 Å². The average molecular weight is 742 g/mol. The Bertz CT molecular complexity index is 3530. The van der Waals surface area contributed by atoms with Gasteiger partial charge in [-0.3, -0.25) is 9.13 Å². The summed E-state index contributed by atoms with van der Waals surface area (Å²) in [7, 11) is 0. The lowest BCUT2D eigenvalue weighted by atomic mass is 9.91. The fourth-order valence-corrected chi connectivity index (χ4v) is 10.2. The van der Waals surface area contributed by atoms with Crippen LogP contribution in [-0.2, 0) is 0 Å². The minimum atomic E-state index is 0.176. The molecule has 0 saturated carbocycles. The van der Waals surface area contributed by atoms with Crippen LogP contribution in [0.1, 0.15) is 11.5 Å². The number of fused-ring (bicyclic) bond motifs is 14. The molecule has 2 aliphatic rings. The maximum Gasteiger partial charge on any atom is 0.140 e. The Hall–Kier alpha value is -7.63. The number of hydrogen-bond acceptors (Lipinski definition) is 2. The number of hydrogen-bond donors (Lipinski definition) is 0. The molecule has 272 valence electrons. The summed E-state index contributed by atoms with van der Waals surface area (Å²) >= 11 is 0. The lowest BCUT2D eigenvalue weighted by Gasteiger charge is -2.29. The van der Waals surface area contributed by atoms with E-state index in [9.17, 15) is 0 Å². The van der Waals surface area contributed by atoms with Crippen LogP contribution in [0.15, 0.2) is 200 Å². The Labute approximate surface area is 334 Å². The van der Waals surface area contributed by atoms with Gasteiger partial charge in [-0.05, 0) is 60.2 Å².